The summed E-state index contributed by atoms with van der Waals surface area (Å²) in [7, 11) is 0. The SMILES string of the molecule is CC(C)(CN1CCCCCC1)C(=O)NN. The molecular formula is C11H23N3O. The van der Waals surface area contributed by atoms with Gasteiger partial charge in [-0.1, -0.05) is 12.8 Å². The van der Waals surface area contributed by atoms with Crippen LogP contribution in [0.15, 0.2) is 0 Å². The Morgan fingerprint density at radius 1 is 1.27 bits per heavy atom. The van der Waals surface area contributed by atoms with Gasteiger partial charge >= 0.3 is 0 Å². The van der Waals surface area contributed by atoms with Crippen LogP contribution >= 0.6 is 0 Å². The molecule has 1 heterocycles. The zero-order chi connectivity index (χ0) is 11.3. The van der Waals surface area contributed by atoms with Crippen LogP contribution in [0.4, 0.5) is 0 Å². The first kappa shape index (κ1) is 12.5. The number of hydrogen-bond acceptors (Lipinski definition) is 3. The molecule has 1 amide bonds. The number of carbonyl (C=O) groups excluding carboxylic acids is 1. The predicted molar refractivity (Wildman–Crippen MR) is 61.0 cm³/mol. The molecule has 1 saturated heterocycles. The van der Waals surface area contributed by atoms with Crippen LogP contribution in [0.25, 0.3) is 0 Å². The van der Waals surface area contributed by atoms with Crippen LogP contribution in [0.5, 0.6) is 0 Å². The Balaban J connectivity index is 2.47. The van der Waals surface area contributed by atoms with Crippen molar-refractivity contribution in [2.24, 2.45) is 11.3 Å². The number of rotatable bonds is 3. The van der Waals surface area contributed by atoms with E-state index in [1.807, 2.05) is 13.8 Å². The molecule has 0 bridgehead atoms. The maximum absolute atomic E-state index is 11.5. The zero-order valence-corrected chi connectivity index (χ0v) is 9.88. The lowest BCUT2D eigenvalue weighted by molar-refractivity contribution is -0.130. The van der Waals surface area contributed by atoms with Crippen molar-refractivity contribution in [1.82, 2.24) is 10.3 Å². The minimum absolute atomic E-state index is 0.0771. The van der Waals surface area contributed by atoms with Gasteiger partial charge in [-0.3, -0.25) is 10.2 Å². The summed E-state index contributed by atoms with van der Waals surface area (Å²) in [5.41, 5.74) is 1.86. The highest BCUT2D eigenvalue weighted by atomic mass is 16.2. The summed E-state index contributed by atoms with van der Waals surface area (Å²) in [6, 6.07) is 0. The van der Waals surface area contributed by atoms with Crippen LogP contribution in [0.3, 0.4) is 0 Å². The largest absolute Gasteiger partial charge is 0.302 e. The molecule has 0 atom stereocenters. The molecule has 15 heavy (non-hydrogen) atoms. The molecule has 0 unspecified atom stereocenters. The van der Waals surface area contributed by atoms with Gasteiger partial charge in [-0.25, -0.2) is 5.84 Å². The van der Waals surface area contributed by atoms with E-state index in [-0.39, 0.29) is 11.3 Å². The van der Waals surface area contributed by atoms with Crippen LogP contribution in [0, 0.1) is 5.41 Å². The van der Waals surface area contributed by atoms with Gasteiger partial charge in [0.15, 0.2) is 0 Å². The highest BCUT2D eigenvalue weighted by Gasteiger charge is 2.29. The van der Waals surface area contributed by atoms with E-state index in [1.165, 1.54) is 25.7 Å². The first-order valence-electron chi connectivity index (χ1n) is 5.80. The summed E-state index contributed by atoms with van der Waals surface area (Å²) in [5.74, 6) is 5.10. The van der Waals surface area contributed by atoms with E-state index in [0.717, 1.165) is 19.6 Å². The third kappa shape index (κ3) is 3.80. The molecular weight excluding hydrogens is 190 g/mol. The highest BCUT2D eigenvalue weighted by molar-refractivity contribution is 5.81. The zero-order valence-electron chi connectivity index (χ0n) is 9.88. The van der Waals surface area contributed by atoms with Crippen molar-refractivity contribution in [1.29, 1.82) is 0 Å². The Morgan fingerprint density at radius 2 is 1.80 bits per heavy atom. The van der Waals surface area contributed by atoms with E-state index in [4.69, 9.17) is 5.84 Å². The van der Waals surface area contributed by atoms with Crippen molar-refractivity contribution in [3.63, 3.8) is 0 Å². The molecule has 4 heteroatoms. The summed E-state index contributed by atoms with van der Waals surface area (Å²) in [6.07, 6.45) is 5.14. The van der Waals surface area contributed by atoms with Crippen LogP contribution in [-0.2, 0) is 4.79 Å². The molecule has 3 N–H and O–H groups in total. The summed E-state index contributed by atoms with van der Waals surface area (Å²) in [6.45, 7) is 6.92. The lowest BCUT2D eigenvalue weighted by Crippen LogP contribution is -2.47. The van der Waals surface area contributed by atoms with Gasteiger partial charge in [0.05, 0.1) is 5.41 Å². The van der Waals surface area contributed by atoms with Gasteiger partial charge in [0.2, 0.25) is 5.91 Å². The first-order valence-corrected chi connectivity index (χ1v) is 5.80. The molecule has 0 saturated carbocycles. The lowest BCUT2D eigenvalue weighted by atomic mass is 9.91. The summed E-state index contributed by atoms with van der Waals surface area (Å²) >= 11 is 0. The number of likely N-dealkylation sites (tertiary alicyclic amines) is 1. The molecule has 4 nitrogen and oxygen atoms in total. The van der Waals surface area contributed by atoms with E-state index < -0.39 is 0 Å². The number of nitrogens with two attached hydrogens (primary N) is 1. The maximum Gasteiger partial charge on any atom is 0.240 e. The number of hydrazine groups is 1. The molecule has 0 aliphatic carbocycles. The molecule has 1 aliphatic heterocycles. The van der Waals surface area contributed by atoms with Crippen molar-refractivity contribution in [3.05, 3.63) is 0 Å². The smallest absolute Gasteiger partial charge is 0.240 e. The van der Waals surface area contributed by atoms with Gasteiger partial charge < -0.3 is 4.90 Å². The molecule has 0 aromatic heterocycles. The van der Waals surface area contributed by atoms with E-state index >= 15 is 0 Å². The summed E-state index contributed by atoms with van der Waals surface area (Å²) in [5, 5.41) is 0. The fourth-order valence-electron chi connectivity index (χ4n) is 2.12. The van der Waals surface area contributed by atoms with Crippen molar-refractivity contribution >= 4 is 5.91 Å². The average Bonchev–Trinajstić information content (AvgIpc) is 2.44. The Morgan fingerprint density at radius 3 is 2.27 bits per heavy atom. The van der Waals surface area contributed by atoms with Crippen molar-refractivity contribution in [3.8, 4) is 0 Å². The Bertz CT molecular complexity index is 208. The summed E-state index contributed by atoms with van der Waals surface area (Å²) < 4.78 is 0. The number of nitrogens with one attached hydrogen (secondary N) is 1. The van der Waals surface area contributed by atoms with Crippen LogP contribution in [-0.4, -0.2) is 30.4 Å². The van der Waals surface area contributed by atoms with E-state index in [9.17, 15) is 4.79 Å². The minimum atomic E-state index is -0.390. The van der Waals surface area contributed by atoms with Gasteiger partial charge in [-0.05, 0) is 39.8 Å². The molecule has 0 aromatic rings. The van der Waals surface area contributed by atoms with Crippen LogP contribution < -0.4 is 11.3 Å². The topological polar surface area (TPSA) is 58.4 Å². The summed E-state index contributed by atoms with van der Waals surface area (Å²) in [4.78, 5) is 13.9. The number of amides is 1. The van der Waals surface area contributed by atoms with Crippen molar-refractivity contribution < 1.29 is 4.79 Å². The molecule has 1 aliphatic rings. The van der Waals surface area contributed by atoms with Gasteiger partial charge in [-0.2, -0.15) is 0 Å². The normalized spacial score (nSPS) is 19.7. The van der Waals surface area contributed by atoms with E-state index in [0.29, 0.717) is 0 Å². The van der Waals surface area contributed by atoms with Gasteiger partial charge in [0.25, 0.3) is 0 Å². The maximum atomic E-state index is 11.5. The van der Waals surface area contributed by atoms with Crippen molar-refractivity contribution in [2.45, 2.75) is 39.5 Å². The fourth-order valence-corrected chi connectivity index (χ4v) is 2.12. The second-order valence-corrected chi connectivity index (χ2v) is 5.05. The van der Waals surface area contributed by atoms with E-state index in [2.05, 4.69) is 10.3 Å². The quantitative estimate of drug-likeness (QED) is 0.415. The Hall–Kier alpha value is -0.610. The monoisotopic (exact) mass is 213 g/mol. The predicted octanol–water partition coefficient (Wildman–Crippen LogP) is 0.879. The van der Waals surface area contributed by atoms with Gasteiger partial charge in [0, 0.05) is 6.54 Å². The third-order valence-electron chi connectivity index (χ3n) is 3.06. The molecule has 1 rings (SSSR count). The minimum Gasteiger partial charge on any atom is -0.302 e. The number of carbonyl (C=O) groups is 1. The Labute approximate surface area is 92.2 Å². The second-order valence-electron chi connectivity index (χ2n) is 5.05. The molecule has 88 valence electrons. The molecule has 0 aromatic carbocycles. The standard InChI is InChI=1S/C11H23N3O/c1-11(2,10(15)13-12)9-14-7-5-3-4-6-8-14/h3-9,12H2,1-2H3,(H,13,15). The van der Waals surface area contributed by atoms with Crippen molar-refractivity contribution in [2.75, 3.05) is 19.6 Å². The third-order valence-corrected chi connectivity index (χ3v) is 3.06. The average molecular weight is 213 g/mol. The van der Waals surface area contributed by atoms with E-state index in [1.54, 1.807) is 0 Å². The lowest BCUT2D eigenvalue weighted by Gasteiger charge is -2.30. The number of nitrogens with zero attached hydrogens (tertiary/aromatic N) is 1. The molecule has 0 spiro atoms. The van der Waals surface area contributed by atoms with Gasteiger partial charge in [0.1, 0.15) is 0 Å². The molecule has 1 fully saturated rings. The highest BCUT2D eigenvalue weighted by Crippen LogP contribution is 2.19. The number of hydrogen-bond donors (Lipinski definition) is 2. The van der Waals surface area contributed by atoms with Crippen LogP contribution in [0.2, 0.25) is 0 Å². The fraction of sp³-hybridized carbons (Fsp3) is 0.909. The van der Waals surface area contributed by atoms with Gasteiger partial charge in [-0.15, -0.1) is 0 Å². The van der Waals surface area contributed by atoms with Crippen LogP contribution in [0.1, 0.15) is 39.5 Å². The first-order chi connectivity index (χ1) is 7.06. The second kappa shape index (κ2) is 5.47. The molecule has 0 radical (unpaired) electrons. The Kier molecular flexibility index (Phi) is 4.54.